The third kappa shape index (κ3) is 4.30. The van der Waals surface area contributed by atoms with E-state index in [1.54, 1.807) is 23.5 Å². The molecule has 4 aromatic rings. The van der Waals surface area contributed by atoms with Crippen LogP contribution in [0.25, 0.3) is 21.5 Å². The van der Waals surface area contributed by atoms with E-state index >= 15 is 0 Å². The number of anilines is 2. The monoisotopic (exact) mass is 421 g/mol. The van der Waals surface area contributed by atoms with Crippen LogP contribution in [0.2, 0.25) is 0 Å². The highest BCUT2D eigenvalue weighted by Crippen LogP contribution is 2.29. The molecule has 0 amide bonds. The molecule has 1 saturated heterocycles. The minimum absolute atomic E-state index is 0.270. The molecule has 0 radical (unpaired) electrons. The lowest BCUT2D eigenvalue weighted by Gasteiger charge is -2.26. The van der Waals surface area contributed by atoms with Crippen LogP contribution in [0.5, 0.6) is 0 Å². The summed E-state index contributed by atoms with van der Waals surface area (Å²) >= 11 is 1.60. The first-order valence-corrected chi connectivity index (χ1v) is 10.6. The Labute approximate surface area is 177 Å². The van der Waals surface area contributed by atoms with Crippen LogP contribution in [0.3, 0.4) is 0 Å². The number of hydrogen-bond donors (Lipinski definition) is 1. The van der Waals surface area contributed by atoms with Gasteiger partial charge in [0.25, 0.3) is 0 Å². The quantitative estimate of drug-likeness (QED) is 0.513. The van der Waals surface area contributed by atoms with Gasteiger partial charge in [0.1, 0.15) is 5.82 Å². The van der Waals surface area contributed by atoms with Crippen molar-refractivity contribution in [2.45, 2.75) is 6.54 Å². The van der Waals surface area contributed by atoms with E-state index in [0.29, 0.717) is 11.5 Å². The van der Waals surface area contributed by atoms with Crippen molar-refractivity contribution >= 4 is 32.5 Å². The molecule has 0 saturated carbocycles. The maximum atomic E-state index is 13.1. The Morgan fingerprint density at radius 3 is 2.60 bits per heavy atom. The number of aromatic nitrogens is 3. The van der Waals surface area contributed by atoms with Crippen LogP contribution in [-0.2, 0) is 11.3 Å². The van der Waals surface area contributed by atoms with Crippen molar-refractivity contribution in [1.29, 1.82) is 0 Å². The second-order valence-corrected chi connectivity index (χ2v) is 8.18. The summed E-state index contributed by atoms with van der Waals surface area (Å²) in [5, 5.41) is 12.5. The Balaban J connectivity index is 1.29. The van der Waals surface area contributed by atoms with Gasteiger partial charge in [-0.2, -0.15) is 0 Å². The number of hydrogen-bond acceptors (Lipinski definition) is 7. The fourth-order valence-electron chi connectivity index (χ4n) is 3.42. The summed E-state index contributed by atoms with van der Waals surface area (Å²) in [6.07, 6.45) is 0. The molecule has 152 valence electrons. The molecule has 2 aromatic carbocycles. The molecular weight excluding hydrogens is 401 g/mol. The van der Waals surface area contributed by atoms with Crippen LogP contribution in [-0.4, -0.2) is 46.4 Å². The summed E-state index contributed by atoms with van der Waals surface area (Å²) in [4.78, 5) is 7.06. The van der Waals surface area contributed by atoms with E-state index in [0.717, 1.165) is 53.8 Å². The number of ether oxygens (including phenoxy) is 1. The highest BCUT2D eigenvalue weighted by molar-refractivity contribution is 7.22. The molecular formula is C22H20FN5OS. The fourth-order valence-corrected chi connectivity index (χ4v) is 4.36. The van der Waals surface area contributed by atoms with E-state index in [9.17, 15) is 4.39 Å². The smallest absolute Gasteiger partial charge is 0.189 e. The zero-order valence-corrected chi connectivity index (χ0v) is 17.0. The average molecular weight is 422 g/mol. The topological polar surface area (TPSA) is 63.2 Å². The fraction of sp³-hybridized carbons (Fsp3) is 0.227. The predicted octanol–water partition coefficient (Wildman–Crippen LogP) is 4.47. The molecule has 2 aromatic heterocycles. The van der Waals surface area contributed by atoms with Gasteiger partial charge >= 0.3 is 0 Å². The van der Waals surface area contributed by atoms with Gasteiger partial charge in [0.2, 0.25) is 0 Å². The third-order valence-electron chi connectivity index (χ3n) is 5.00. The molecule has 0 atom stereocenters. The Hall–Kier alpha value is -2.94. The van der Waals surface area contributed by atoms with E-state index in [2.05, 4.69) is 43.6 Å². The lowest BCUT2D eigenvalue weighted by atomic mass is 10.1. The van der Waals surface area contributed by atoms with Gasteiger partial charge in [-0.3, -0.25) is 4.90 Å². The number of fused-ring (bicyclic) bond motifs is 1. The Bertz CT molecular complexity index is 1140. The molecule has 3 heterocycles. The van der Waals surface area contributed by atoms with Gasteiger partial charge in [0.15, 0.2) is 10.9 Å². The minimum Gasteiger partial charge on any atom is -0.379 e. The van der Waals surface area contributed by atoms with E-state index in [-0.39, 0.29) is 5.82 Å². The van der Waals surface area contributed by atoms with Crippen molar-refractivity contribution in [3.05, 3.63) is 66.0 Å². The molecule has 0 unspecified atom stereocenters. The van der Waals surface area contributed by atoms with Crippen LogP contribution in [0.1, 0.15) is 5.56 Å². The molecule has 1 aliphatic heterocycles. The van der Waals surface area contributed by atoms with Gasteiger partial charge in [-0.15, -0.1) is 10.2 Å². The molecule has 0 bridgehead atoms. The number of morpholine rings is 1. The number of rotatable bonds is 5. The van der Waals surface area contributed by atoms with Gasteiger partial charge in [-0.1, -0.05) is 17.4 Å². The van der Waals surface area contributed by atoms with Gasteiger partial charge in [-0.05, 0) is 54.1 Å². The molecule has 1 aliphatic rings. The first-order valence-electron chi connectivity index (χ1n) is 9.79. The first kappa shape index (κ1) is 19.0. The lowest BCUT2D eigenvalue weighted by molar-refractivity contribution is 0.0342. The van der Waals surface area contributed by atoms with E-state index in [4.69, 9.17) is 4.74 Å². The van der Waals surface area contributed by atoms with Gasteiger partial charge in [0, 0.05) is 25.2 Å². The third-order valence-corrected chi connectivity index (χ3v) is 5.94. The molecule has 0 aliphatic carbocycles. The van der Waals surface area contributed by atoms with Gasteiger partial charge in [0.05, 0.1) is 29.1 Å². The van der Waals surface area contributed by atoms with E-state index in [1.165, 1.54) is 17.7 Å². The molecule has 8 heteroatoms. The van der Waals surface area contributed by atoms with Crippen LogP contribution in [0.4, 0.5) is 15.3 Å². The first-order chi connectivity index (χ1) is 14.7. The van der Waals surface area contributed by atoms with E-state index < -0.39 is 0 Å². The van der Waals surface area contributed by atoms with Crippen molar-refractivity contribution in [3.8, 4) is 11.3 Å². The van der Waals surface area contributed by atoms with Crippen molar-refractivity contribution in [1.82, 2.24) is 20.1 Å². The van der Waals surface area contributed by atoms with Crippen molar-refractivity contribution in [2.75, 3.05) is 31.6 Å². The molecule has 0 spiro atoms. The zero-order valence-electron chi connectivity index (χ0n) is 16.2. The zero-order chi connectivity index (χ0) is 20.3. The normalized spacial score (nSPS) is 14.8. The Morgan fingerprint density at radius 1 is 1.00 bits per heavy atom. The Kier molecular flexibility index (Phi) is 5.35. The predicted molar refractivity (Wildman–Crippen MR) is 116 cm³/mol. The minimum atomic E-state index is -0.270. The van der Waals surface area contributed by atoms with Crippen LogP contribution >= 0.6 is 11.3 Å². The maximum Gasteiger partial charge on any atom is 0.189 e. The highest BCUT2D eigenvalue weighted by Gasteiger charge is 2.12. The summed E-state index contributed by atoms with van der Waals surface area (Å²) in [6.45, 7) is 4.48. The number of thiazole rings is 1. The van der Waals surface area contributed by atoms with Crippen LogP contribution in [0.15, 0.2) is 54.6 Å². The van der Waals surface area contributed by atoms with Crippen LogP contribution < -0.4 is 5.32 Å². The molecule has 5 rings (SSSR count). The SMILES string of the molecule is Fc1ccc(-c2ccc(Nc3nc4ccc(CN5CCOCC5)cc4s3)nn2)cc1. The molecule has 1 fully saturated rings. The van der Waals surface area contributed by atoms with Crippen molar-refractivity contribution in [3.63, 3.8) is 0 Å². The van der Waals surface area contributed by atoms with Crippen molar-refractivity contribution in [2.24, 2.45) is 0 Å². The van der Waals surface area contributed by atoms with Crippen LogP contribution in [0, 0.1) is 5.82 Å². The summed E-state index contributed by atoms with van der Waals surface area (Å²) < 4.78 is 19.6. The number of halogens is 1. The molecule has 6 nitrogen and oxygen atoms in total. The van der Waals surface area contributed by atoms with Gasteiger partial charge < -0.3 is 10.1 Å². The second kappa shape index (κ2) is 8.43. The molecule has 1 N–H and O–H groups in total. The van der Waals surface area contributed by atoms with E-state index in [1.807, 2.05) is 12.1 Å². The van der Waals surface area contributed by atoms with Crippen molar-refractivity contribution < 1.29 is 9.13 Å². The summed E-state index contributed by atoms with van der Waals surface area (Å²) in [5.41, 5.74) is 3.76. The average Bonchev–Trinajstić information content (AvgIpc) is 3.17. The summed E-state index contributed by atoms with van der Waals surface area (Å²) in [7, 11) is 0. The Morgan fingerprint density at radius 2 is 1.83 bits per heavy atom. The highest BCUT2D eigenvalue weighted by atomic mass is 32.1. The standard InChI is InChI=1S/C22H20FN5OS/c23-17-4-2-16(3-5-17)18-7-8-21(27-26-18)25-22-24-19-6-1-15(13-20(19)30-22)14-28-9-11-29-12-10-28/h1-8,13H,9-12,14H2,(H,24,25,27). The largest absolute Gasteiger partial charge is 0.379 e. The lowest BCUT2D eigenvalue weighted by Crippen LogP contribution is -2.35. The van der Waals surface area contributed by atoms with Gasteiger partial charge in [-0.25, -0.2) is 9.37 Å². The summed E-state index contributed by atoms with van der Waals surface area (Å²) in [6, 6.07) is 16.3. The number of nitrogens with zero attached hydrogens (tertiary/aromatic N) is 4. The second-order valence-electron chi connectivity index (χ2n) is 7.15. The number of nitrogens with one attached hydrogen (secondary N) is 1. The number of benzene rings is 2. The molecule has 30 heavy (non-hydrogen) atoms. The maximum absolute atomic E-state index is 13.1. The summed E-state index contributed by atoms with van der Waals surface area (Å²) in [5.74, 6) is 0.349.